The van der Waals surface area contributed by atoms with Crippen LogP contribution in [-0.4, -0.2) is 19.0 Å². The molecule has 0 spiro atoms. The van der Waals surface area contributed by atoms with Gasteiger partial charge in [-0.2, -0.15) is 0 Å². The Balaban J connectivity index is 2.18. The maximum Gasteiger partial charge on any atom is 0.157 e. The largest absolute Gasteiger partial charge is 0.353 e. The first-order chi connectivity index (χ1) is 4.83. The van der Waals surface area contributed by atoms with E-state index < -0.39 is 0 Å². The zero-order valence-corrected chi connectivity index (χ0v) is 6.80. The van der Waals surface area contributed by atoms with E-state index in [0.29, 0.717) is 6.10 Å². The van der Waals surface area contributed by atoms with Crippen LogP contribution < -0.4 is 0 Å². The highest BCUT2D eigenvalue weighted by atomic mass is 16.7. The minimum Gasteiger partial charge on any atom is -0.353 e. The van der Waals surface area contributed by atoms with Crippen molar-refractivity contribution in [1.29, 1.82) is 0 Å². The van der Waals surface area contributed by atoms with Crippen LogP contribution in [0.1, 0.15) is 33.1 Å². The maximum absolute atomic E-state index is 5.50. The van der Waals surface area contributed by atoms with Crippen LogP contribution >= 0.6 is 0 Å². The first-order valence-corrected chi connectivity index (χ1v) is 4.10. The SMILES string of the molecule is CCC[C@@H]1OCC[C@@H](C)O1. The van der Waals surface area contributed by atoms with Gasteiger partial charge in [0, 0.05) is 0 Å². The van der Waals surface area contributed by atoms with Gasteiger partial charge in [-0.1, -0.05) is 13.3 Å². The Labute approximate surface area is 62.5 Å². The van der Waals surface area contributed by atoms with E-state index in [1.165, 1.54) is 0 Å². The molecule has 10 heavy (non-hydrogen) atoms. The minimum atomic E-state index is 0.0775. The lowest BCUT2D eigenvalue weighted by Gasteiger charge is -2.27. The van der Waals surface area contributed by atoms with Gasteiger partial charge in [0.15, 0.2) is 6.29 Å². The Morgan fingerprint density at radius 3 is 2.90 bits per heavy atom. The summed E-state index contributed by atoms with van der Waals surface area (Å²) in [6, 6.07) is 0. The van der Waals surface area contributed by atoms with Crippen molar-refractivity contribution >= 4 is 0 Å². The normalized spacial score (nSPS) is 34.2. The Kier molecular flexibility index (Phi) is 3.16. The summed E-state index contributed by atoms with van der Waals surface area (Å²) >= 11 is 0. The van der Waals surface area contributed by atoms with Gasteiger partial charge in [0.1, 0.15) is 0 Å². The number of hydrogen-bond donors (Lipinski definition) is 0. The highest BCUT2D eigenvalue weighted by Crippen LogP contribution is 2.15. The van der Waals surface area contributed by atoms with Crippen molar-refractivity contribution in [2.24, 2.45) is 0 Å². The lowest BCUT2D eigenvalue weighted by atomic mass is 10.2. The Bertz CT molecular complexity index is 91.3. The van der Waals surface area contributed by atoms with Crippen molar-refractivity contribution in [2.45, 2.75) is 45.5 Å². The molecule has 0 N–H and O–H groups in total. The minimum absolute atomic E-state index is 0.0775. The van der Waals surface area contributed by atoms with Crippen LogP contribution in [0.2, 0.25) is 0 Å². The average Bonchev–Trinajstić information content (AvgIpc) is 1.88. The fourth-order valence-electron chi connectivity index (χ4n) is 1.12. The molecule has 0 amide bonds. The van der Waals surface area contributed by atoms with E-state index in [9.17, 15) is 0 Å². The molecule has 1 fully saturated rings. The van der Waals surface area contributed by atoms with Gasteiger partial charge in [-0.25, -0.2) is 0 Å². The summed E-state index contributed by atoms with van der Waals surface area (Å²) in [5, 5.41) is 0. The summed E-state index contributed by atoms with van der Waals surface area (Å²) in [5.41, 5.74) is 0. The van der Waals surface area contributed by atoms with Gasteiger partial charge >= 0.3 is 0 Å². The molecule has 0 aliphatic carbocycles. The van der Waals surface area contributed by atoms with Crippen LogP contribution in [0.15, 0.2) is 0 Å². The predicted molar refractivity (Wildman–Crippen MR) is 39.8 cm³/mol. The van der Waals surface area contributed by atoms with E-state index >= 15 is 0 Å². The second kappa shape index (κ2) is 3.94. The zero-order valence-electron chi connectivity index (χ0n) is 6.80. The van der Waals surface area contributed by atoms with Crippen LogP contribution in [0.4, 0.5) is 0 Å². The molecule has 1 rings (SSSR count). The van der Waals surface area contributed by atoms with Gasteiger partial charge < -0.3 is 9.47 Å². The lowest BCUT2D eigenvalue weighted by molar-refractivity contribution is -0.209. The molecule has 0 radical (unpaired) electrons. The van der Waals surface area contributed by atoms with Gasteiger partial charge in [0.05, 0.1) is 12.7 Å². The molecule has 0 saturated carbocycles. The van der Waals surface area contributed by atoms with Crippen molar-refractivity contribution in [3.05, 3.63) is 0 Å². The van der Waals surface area contributed by atoms with Crippen LogP contribution in [0, 0.1) is 0 Å². The van der Waals surface area contributed by atoms with Crippen molar-refractivity contribution in [3.63, 3.8) is 0 Å². The fraction of sp³-hybridized carbons (Fsp3) is 1.00. The van der Waals surface area contributed by atoms with E-state index in [2.05, 4.69) is 13.8 Å². The Morgan fingerprint density at radius 1 is 1.50 bits per heavy atom. The molecular weight excluding hydrogens is 128 g/mol. The van der Waals surface area contributed by atoms with E-state index in [1.54, 1.807) is 0 Å². The van der Waals surface area contributed by atoms with E-state index in [-0.39, 0.29) is 6.29 Å². The Hall–Kier alpha value is -0.0800. The molecule has 0 aromatic carbocycles. The summed E-state index contributed by atoms with van der Waals surface area (Å²) in [5.74, 6) is 0. The predicted octanol–water partition coefficient (Wildman–Crippen LogP) is 1.94. The van der Waals surface area contributed by atoms with Crippen molar-refractivity contribution in [1.82, 2.24) is 0 Å². The molecular formula is C8H16O2. The molecule has 2 atom stereocenters. The number of rotatable bonds is 2. The van der Waals surface area contributed by atoms with Crippen molar-refractivity contribution < 1.29 is 9.47 Å². The summed E-state index contributed by atoms with van der Waals surface area (Å²) in [7, 11) is 0. The monoisotopic (exact) mass is 144 g/mol. The summed E-state index contributed by atoms with van der Waals surface area (Å²) < 4.78 is 10.9. The summed E-state index contributed by atoms with van der Waals surface area (Å²) in [6.07, 6.45) is 3.68. The highest BCUT2D eigenvalue weighted by Gasteiger charge is 2.17. The average molecular weight is 144 g/mol. The van der Waals surface area contributed by atoms with Gasteiger partial charge in [-0.3, -0.25) is 0 Å². The van der Waals surface area contributed by atoms with E-state index in [1.807, 2.05) is 0 Å². The second-order valence-electron chi connectivity index (χ2n) is 2.82. The van der Waals surface area contributed by atoms with Crippen LogP contribution in [0.3, 0.4) is 0 Å². The van der Waals surface area contributed by atoms with Crippen molar-refractivity contribution in [3.8, 4) is 0 Å². The third-order valence-corrected chi connectivity index (χ3v) is 1.74. The Morgan fingerprint density at radius 2 is 2.30 bits per heavy atom. The molecule has 1 heterocycles. The first-order valence-electron chi connectivity index (χ1n) is 4.10. The van der Waals surface area contributed by atoms with Gasteiger partial charge in [0.2, 0.25) is 0 Å². The summed E-state index contributed by atoms with van der Waals surface area (Å²) in [6.45, 7) is 5.11. The highest BCUT2D eigenvalue weighted by molar-refractivity contribution is 4.58. The van der Waals surface area contributed by atoms with Crippen LogP contribution in [0.5, 0.6) is 0 Å². The summed E-state index contributed by atoms with van der Waals surface area (Å²) in [4.78, 5) is 0. The van der Waals surface area contributed by atoms with E-state index in [4.69, 9.17) is 9.47 Å². The molecule has 2 nitrogen and oxygen atoms in total. The molecule has 1 saturated heterocycles. The van der Waals surface area contributed by atoms with Crippen LogP contribution in [0.25, 0.3) is 0 Å². The van der Waals surface area contributed by atoms with Crippen LogP contribution in [-0.2, 0) is 9.47 Å². The third kappa shape index (κ3) is 2.27. The molecule has 0 aromatic rings. The number of hydrogen-bond acceptors (Lipinski definition) is 2. The lowest BCUT2D eigenvalue weighted by Crippen LogP contribution is -2.30. The van der Waals surface area contributed by atoms with E-state index in [0.717, 1.165) is 25.9 Å². The molecule has 1 aliphatic rings. The standard InChI is InChI=1S/C8H16O2/c1-3-4-8-9-6-5-7(2)10-8/h7-8H,3-6H2,1-2H3/t7-,8-/m1/s1. The smallest absolute Gasteiger partial charge is 0.157 e. The molecule has 1 aliphatic heterocycles. The molecule has 0 unspecified atom stereocenters. The molecule has 2 heteroatoms. The van der Waals surface area contributed by atoms with Gasteiger partial charge in [0.25, 0.3) is 0 Å². The number of ether oxygens (including phenoxy) is 2. The fourth-order valence-corrected chi connectivity index (χ4v) is 1.12. The third-order valence-electron chi connectivity index (χ3n) is 1.74. The quantitative estimate of drug-likeness (QED) is 0.589. The van der Waals surface area contributed by atoms with Gasteiger partial charge in [-0.05, 0) is 19.8 Å². The maximum atomic E-state index is 5.50. The molecule has 0 aromatic heterocycles. The molecule has 60 valence electrons. The zero-order chi connectivity index (χ0) is 7.40. The second-order valence-corrected chi connectivity index (χ2v) is 2.82. The molecule has 0 bridgehead atoms. The van der Waals surface area contributed by atoms with Gasteiger partial charge in [-0.15, -0.1) is 0 Å². The first kappa shape index (κ1) is 8.02. The van der Waals surface area contributed by atoms with Crippen molar-refractivity contribution in [2.75, 3.05) is 6.61 Å². The topological polar surface area (TPSA) is 18.5 Å².